The minimum absolute atomic E-state index is 0.0256. The van der Waals surface area contributed by atoms with Crippen LogP contribution in [0.25, 0.3) is 10.8 Å². The number of amides is 1. The predicted molar refractivity (Wildman–Crippen MR) is 91.1 cm³/mol. The van der Waals surface area contributed by atoms with E-state index in [2.05, 4.69) is 5.32 Å². The molecule has 1 aliphatic carbocycles. The molecule has 0 radical (unpaired) electrons. The second-order valence-corrected chi connectivity index (χ2v) is 6.28. The molecular formula is C19H21NO4. The van der Waals surface area contributed by atoms with Crippen molar-refractivity contribution in [2.24, 2.45) is 5.92 Å². The van der Waals surface area contributed by atoms with E-state index >= 15 is 0 Å². The highest BCUT2D eigenvalue weighted by atomic mass is 16.6. The molecule has 5 nitrogen and oxygen atoms in total. The van der Waals surface area contributed by atoms with Gasteiger partial charge in [0, 0.05) is 6.04 Å². The lowest BCUT2D eigenvalue weighted by Crippen LogP contribution is -2.36. The second kappa shape index (κ2) is 7.34. The summed E-state index contributed by atoms with van der Waals surface area (Å²) in [5.74, 6) is -0.536. The molecule has 2 aromatic rings. The topological polar surface area (TPSA) is 75.6 Å². The van der Waals surface area contributed by atoms with Crippen molar-refractivity contribution < 1.29 is 19.4 Å². The minimum atomic E-state index is -0.741. The monoisotopic (exact) mass is 327 g/mol. The van der Waals surface area contributed by atoms with E-state index < -0.39 is 12.1 Å². The number of ether oxygens (including phenoxy) is 1. The molecule has 1 amide bonds. The Bertz CT molecular complexity index is 743. The van der Waals surface area contributed by atoms with E-state index in [9.17, 15) is 9.59 Å². The third-order valence-electron chi connectivity index (χ3n) is 4.57. The number of carboxylic acids is 1. The maximum absolute atomic E-state index is 12.1. The molecule has 1 saturated carbocycles. The summed E-state index contributed by atoms with van der Waals surface area (Å²) in [5, 5.41) is 14.1. The molecule has 0 saturated heterocycles. The van der Waals surface area contributed by atoms with Crippen LogP contribution in [0.1, 0.15) is 32.1 Å². The fraction of sp³-hybridized carbons (Fsp3) is 0.368. The van der Waals surface area contributed by atoms with Gasteiger partial charge >= 0.3 is 12.1 Å². The first-order valence-corrected chi connectivity index (χ1v) is 8.32. The van der Waals surface area contributed by atoms with Crippen molar-refractivity contribution in [3.63, 3.8) is 0 Å². The second-order valence-electron chi connectivity index (χ2n) is 6.28. The zero-order valence-electron chi connectivity index (χ0n) is 13.4. The predicted octanol–water partition coefficient (Wildman–Crippen LogP) is 3.96. The van der Waals surface area contributed by atoms with Crippen molar-refractivity contribution in [2.75, 3.05) is 0 Å². The highest BCUT2D eigenvalue weighted by Crippen LogP contribution is 2.24. The van der Waals surface area contributed by atoms with E-state index in [0.29, 0.717) is 25.0 Å². The molecule has 0 bridgehead atoms. The van der Waals surface area contributed by atoms with Crippen molar-refractivity contribution >= 4 is 22.8 Å². The number of benzene rings is 2. The van der Waals surface area contributed by atoms with Crippen LogP contribution in [0.15, 0.2) is 42.5 Å². The first-order valence-electron chi connectivity index (χ1n) is 8.32. The Hall–Kier alpha value is -2.56. The van der Waals surface area contributed by atoms with Gasteiger partial charge in [-0.05, 0) is 48.6 Å². The number of hydrogen-bond acceptors (Lipinski definition) is 3. The number of carbonyl (C=O) groups excluding carboxylic acids is 1. The summed E-state index contributed by atoms with van der Waals surface area (Å²) in [6.45, 7) is 0. The molecular weight excluding hydrogens is 306 g/mol. The zero-order chi connectivity index (χ0) is 16.9. The molecule has 1 aliphatic rings. The summed E-state index contributed by atoms with van der Waals surface area (Å²) in [5.41, 5.74) is 0. The largest absolute Gasteiger partial charge is 0.481 e. The average molecular weight is 327 g/mol. The molecule has 0 aromatic heterocycles. The highest BCUT2D eigenvalue weighted by Gasteiger charge is 2.24. The van der Waals surface area contributed by atoms with E-state index in [1.54, 1.807) is 6.07 Å². The van der Waals surface area contributed by atoms with Crippen LogP contribution in [-0.2, 0) is 4.79 Å². The van der Waals surface area contributed by atoms with Crippen molar-refractivity contribution in [3.05, 3.63) is 42.5 Å². The number of fused-ring (bicyclic) bond motifs is 1. The smallest absolute Gasteiger partial charge is 0.412 e. The maximum Gasteiger partial charge on any atom is 0.412 e. The summed E-state index contributed by atoms with van der Waals surface area (Å²) in [7, 11) is 0. The Morgan fingerprint density at radius 3 is 2.58 bits per heavy atom. The molecule has 5 heteroatoms. The molecule has 2 N–H and O–H groups in total. The highest BCUT2D eigenvalue weighted by molar-refractivity contribution is 5.84. The average Bonchev–Trinajstić information content (AvgIpc) is 2.80. The van der Waals surface area contributed by atoms with Gasteiger partial charge in [-0.25, -0.2) is 4.79 Å². The Morgan fingerprint density at radius 1 is 1.00 bits per heavy atom. The fourth-order valence-electron chi connectivity index (χ4n) is 3.23. The number of hydrogen-bond donors (Lipinski definition) is 2. The molecule has 24 heavy (non-hydrogen) atoms. The van der Waals surface area contributed by atoms with Crippen LogP contribution in [0.5, 0.6) is 5.75 Å². The minimum Gasteiger partial charge on any atom is -0.481 e. The lowest BCUT2D eigenvalue weighted by molar-refractivity contribution is -0.142. The van der Waals surface area contributed by atoms with Crippen molar-refractivity contribution in [1.82, 2.24) is 5.32 Å². The van der Waals surface area contributed by atoms with Gasteiger partial charge in [-0.15, -0.1) is 0 Å². The summed E-state index contributed by atoms with van der Waals surface area (Å²) in [6.07, 6.45) is 3.05. The van der Waals surface area contributed by atoms with Crippen LogP contribution >= 0.6 is 0 Å². The van der Waals surface area contributed by atoms with E-state index in [-0.39, 0.29) is 12.0 Å². The third kappa shape index (κ3) is 4.04. The number of carboxylic acid groups (broad SMARTS) is 1. The molecule has 0 heterocycles. The molecule has 0 spiro atoms. The van der Waals surface area contributed by atoms with Crippen molar-refractivity contribution in [3.8, 4) is 5.75 Å². The van der Waals surface area contributed by atoms with Crippen LogP contribution in [0.2, 0.25) is 0 Å². The normalized spacial score (nSPS) is 21.0. The first-order chi connectivity index (χ1) is 11.6. The zero-order valence-corrected chi connectivity index (χ0v) is 13.4. The number of rotatable bonds is 3. The van der Waals surface area contributed by atoms with E-state index in [1.165, 1.54) is 0 Å². The van der Waals surface area contributed by atoms with Gasteiger partial charge in [-0.2, -0.15) is 0 Å². The van der Waals surface area contributed by atoms with E-state index in [1.807, 2.05) is 36.4 Å². The summed E-state index contributed by atoms with van der Waals surface area (Å²) >= 11 is 0. The number of aliphatic carboxylic acids is 1. The molecule has 126 valence electrons. The van der Waals surface area contributed by atoms with Crippen LogP contribution in [0.3, 0.4) is 0 Å². The van der Waals surface area contributed by atoms with Gasteiger partial charge in [0.2, 0.25) is 0 Å². The fourth-order valence-corrected chi connectivity index (χ4v) is 3.23. The van der Waals surface area contributed by atoms with Crippen molar-refractivity contribution in [2.45, 2.75) is 38.1 Å². The molecule has 2 unspecified atom stereocenters. The summed E-state index contributed by atoms with van der Waals surface area (Å²) in [4.78, 5) is 23.2. The van der Waals surface area contributed by atoms with Crippen LogP contribution in [-0.4, -0.2) is 23.2 Å². The van der Waals surface area contributed by atoms with Crippen LogP contribution in [0.4, 0.5) is 4.79 Å². The SMILES string of the molecule is O=C(NC1CCCC(C(=O)O)CC1)Oc1ccc2ccccc2c1. The van der Waals surface area contributed by atoms with Gasteiger partial charge in [-0.3, -0.25) is 4.79 Å². The number of carbonyl (C=O) groups is 2. The first kappa shape index (κ1) is 16.3. The molecule has 1 fully saturated rings. The maximum atomic E-state index is 12.1. The van der Waals surface area contributed by atoms with Crippen LogP contribution < -0.4 is 10.1 Å². The lowest BCUT2D eigenvalue weighted by Gasteiger charge is -2.16. The molecule has 0 aliphatic heterocycles. The van der Waals surface area contributed by atoms with Gasteiger partial charge in [0.05, 0.1) is 5.92 Å². The Labute approximate surface area is 140 Å². The molecule has 2 atom stereocenters. The third-order valence-corrected chi connectivity index (χ3v) is 4.57. The van der Waals surface area contributed by atoms with E-state index in [4.69, 9.17) is 9.84 Å². The Kier molecular flexibility index (Phi) is 4.99. The molecule has 2 aromatic carbocycles. The van der Waals surface area contributed by atoms with Crippen LogP contribution in [0, 0.1) is 5.92 Å². The Morgan fingerprint density at radius 2 is 1.79 bits per heavy atom. The van der Waals surface area contributed by atoms with Gasteiger partial charge in [0.15, 0.2) is 0 Å². The summed E-state index contributed by atoms with van der Waals surface area (Å²) < 4.78 is 5.37. The summed E-state index contributed by atoms with van der Waals surface area (Å²) in [6, 6.07) is 13.4. The van der Waals surface area contributed by atoms with Crippen molar-refractivity contribution in [1.29, 1.82) is 0 Å². The van der Waals surface area contributed by atoms with Gasteiger partial charge < -0.3 is 15.2 Å². The molecule has 3 rings (SSSR count). The standard InChI is InChI=1S/C19H21NO4/c21-18(22)14-6-3-7-16(10-8-14)20-19(23)24-17-11-9-13-4-1-2-5-15(13)12-17/h1-2,4-5,9,11-12,14,16H,3,6-8,10H2,(H,20,23)(H,21,22). The quantitative estimate of drug-likeness (QED) is 0.837. The van der Waals surface area contributed by atoms with Gasteiger partial charge in [0.1, 0.15) is 5.75 Å². The van der Waals surface area contributed by atoms with Gasteiger partial charge in [0.25, 0.3) is 0 Å². The Balaban J connectivity index is 1.57. The lowest BCUT2D eigenvalue weighted by atomic mass is 10.0. The van der Waals surface area contributed by atoms with Gasteiger partial charge in [-0.1, -0.05) is 36.8 Å². The number of nitrogens with one attached hydrogen (secondary N) is 1. The van der Waals surface area contributed by atoms with E-state index in [0.717, 1.165) is 23.6 Å².